The Morgan fingerprint density at radius 2 is 1.90 bits per heavy atom. The molecule has 0 nitrogen and oxygen atoms in total. The van der Waals surface area contributed by atoms with Gasteiger partial charge >= 0.3 is 0 Å². The minimum absolute atomic E-state index is 0.815. The first-order chi connectivity index (χ1) is 4.72. The van der Waals surface area contributed by atoms with Crippen molar-refractivity contribution in [1.82, 2.24) is 0 Å². The molecule has 0 radical (unpaired) electrons. The highest BCUT2D eigenvalue weighted by Crippen LogP contribution is 2.53. The maximum absolute atomic E-state index is 2.38. The van der Waals surface area contributed by atoms with E-state index in [0.29, 0.717) is 0 Å². The molecule has 0 N–H and O–H groups in total. The predicted molar refractivity (Wildman–Crippen MR) is 46.0 cm³/mol. The molecule has 1 unspecified atom stereocenters. The van der Waals surface area contributed by atoms with Gasteiger partial charge in [-0.3, -0.25) is 0 Å². The van der Waals surface area contributed by atoms with Gasteiger partial charge in [0, 0.05) is 0 Å². The van der Waals surface area contributed by atoms with Crippen molar-refractivity contribution in [2.24, 2.45) is 11.3 Å². The molecule has 0 bridgehead atoms. The fraction of sp³-hybridized carbons (Fsp3) is 1.00. The summed E-state index contributed by atoms with van der Waals surface area (Å²) in [6, 6.07) is 0. The molecule has 0 heteroatoms. The summed E-state index contributed by atoms with van der Waals surface area (Å²) in [7, 11) is 0. The Balaban J connectivity index is 2.23. The molecule has 0 aromatic carbocycles. The molecule has 0 aromatic rings. The van der Waals surface area contributed by atoms with Gasteiger partial charge in [0.2, 0.25) is 0 Å². The molecule has 10 heavy (non-hydrogen) atoms. The zero-order chi connectivity index (χ0) is 7.61. The van der Waals surface area contributed by atoms with Crippen LogP contribution in [0.3, 0.4) is 0 Å². The van der Waals surface area contributed by atoms with E-state index in [0.717, 1.165) is 11.3 Å². The van der Waals surface area contributed by atoms with Crippen LogP contribution in [0.5, 0.6) is 0 Å². The van der Waals surface area contributed by atoms with Crippen molar-refractivity contribution >= 4 is 0 Å². The summed E-state index contributed by atoms with van der Waals surface area (Å²) in [4.78, 5) is 0. The Hall–Kier alpha value is 0. The van der Waals surface area contributed by atoms with E-state index < -0.39 is 0 Å². The van der Waals surface area contributed by atoms with Gasteiger partial charge in [0.25, 0.3) is 0 Å². The van der Waals surface area contributed by atoms with Gasteiger partial charge in [0.1, 0.15) is 0 Å². The van der Waals surface area contributed by atoms with Crippen LogP contribution in [-0.4, -0.2) is 0 Å². The van der Waals surface area contributed by atoms with Gasteiger partial charge < -0.3 is 0 Å². The Labute approximate surface area is 65.0 Å². The van der Waals surface area contributed by atoms with Crippen LogP contribution in [0.1, 0.15) is 52.9 Å². The minimum atomic E-state index is 0.815. The van der Waals surface area contributed by atoms with E-state index in [4.69, 9.17) is 0 Å². The topological polar surface area (TPSA) is 0 Å². The van der Waals surface area contributed by atoms with Crippen molar-refractivity contribution in [2.45, 2.75) is 52.9 Å². The Morgan fingerprint density at radius 3 is 2.20 bits per heavy atom. The lowest BCUT2D eigenvalue weighted by Crippen LogP contribution is -2.04. The second-order valence-corrected chi connectivity index (χ2v) is 4.07. The second-order valence-electron chi connectivity index (χ2n) is 4.07. The maximum Gasteiger partial charge on any atom is -0.0297 e. The van der Waals surface area contributed by atoms with Crippen LogP contribution in [0.4, 0.5) is 0 Å². The van der Waals surface area contributed by atoms with Crippen LogP contribution in [-0.2, 0) is 0 Å². The monoisotopic (exact) mass is 140 g/mol. The molecule has 0 heterocycles. The zero-order valence-electron chi connectivity index (χ0n) is 7.61. The fourth-order valence-corrected chi connectivity index (χ4v) is 1.76. The standard InChI is InChI=1S/C10H20/c1-4-9(3)8-10(5-2)6-7-10/h9H,4-8H2,1-3H3. The molecular formula is C10H20. The van der Waals surface area contributed by atoms with Gasteiger partial charge in [-0.05, 0) is 30.6 Å². The highest BCUT2D eigenvalue weighted by molar-refractivity contribution is 4.92. The normalized spacial score (nSPS) is 24.3. The van der Waals surface area contributed by atoms with E-state index in [1.165, 1.54) is 32.1 Å². The van der Waals surface area contributed by atoms with E-state index in [1.807, 2.05) is 0 Å². The Bertz CT molecular complexity index is 101. The molecule has 1 rings (SSSR count). The highest BCUT2D eigenvalue weighted by atomic mass is 14.5. The number of hydrogen-bond acceptors (Lipinski definition) is 0. The smallest absolute Gasteiger partial charge is 0.0297 e. The summed E-state index contributed by atoms with van der Waals surface area (Å²) in [6.45, 7) is 7.03. The molecule has 60 valence electrons. The number of rotatable bonds is 4. The second kappa shape index (κ2) is 2.94. The third-order valence-electron chi connectivity index (χ3n) is 3.19. The van der Waals surface area contributed by atoms with Crippen LogP contribution in [0.2, 0.25) is 0 Å². The quantitative estimate of drug-likeness (QED) is 0.559. The van der Waals surface area contributed by atoms with Crippen LogP contribution in [0.25, 0.3) is 0 Å². The first-order valence-corrected chi connectivity index (χ1v) is 4.72. The average Bonchev–Trinajstić information content (AvgIpc) is 2.70. The summed E-state index contributed by atoms with van der Waals surface area (Å²) < 4.78 is 0. The largest absolute Gasteiger partial charge is 0.0651 e. The molecule has 1 fully saturated rings. The van der Waals surface area contributed by atoms with E-state index in [9.17, 15) is 0 Å². The molecule has 0 aromatic heterocycles. The van der Waals surface area contributed by atoms with Crippen molar-refractivity contribution in [2.75, 3.05) is 0 Å². The van der Waals surface area contributed by atoms with Gasteiger partial charge in [-0.1, -0.05) is 33.6 Å². The van der Waals surface area contributed by atoms with Crippen molar-refractivity contribution in [3.05, 3.63) is 0 Å². The van der Waals surface area contributed by atoms with Crippen LogP contribution >= 0.6 is 0 Å². The van der Waals surface area contributed by atoms with Gasteiger partial charge in [0.05, 0.1) is 0 Å². The van der Waals surface area contributed by atoms with Gasteiger partial charge in [-0.15, -0.1) is 0 Å². The first kappa shape index (κ1) is 8.10. The Morgan fingerprint density at radius 1 is 1.30 bits per heavy atom. The summed E-state index contributed by atoms with van der Waals surface area (Å²) >= 11 is 0. The molecule has 1 atom stereocenters. The van der Waals surface area contributed by atoms with E-state index in [2.05, 4.69) is 20.8 Å². The molecule has 1 aliphatic rings. The van der Waals surface area contributed by atoms with Crippen molar-refractivity contribution in [3.63, 3.8) is 0 Å². The van der Waals surface area contributed by atoms with E-state index >= 15 is 0 Å². The highest BCUT2D eigenvalue weighted by Gasteiger charge is 2.40. The van der Waals surface area contributed by atoms with Crippen LogP contribution in [0, 0.1) is 11.3 Å². The predicted octanol–water partition coefficient (Wildman–Crippen LogP) is 3.61. The molecule has 0 spiro atoms. The fourth-order valence-electron chi connectivity index (χ4n) is 1.76. The van der Waals surface area contributed by atoms with Gasteiger partial charge in [-0.2, -0.15) is 0 Å². The van der Waals surface area contributed by atoms with Gasteiger partial charge in [-0.25, -0.2) is 0 Å². The van der Waals surface area contributed by atoms with E-state index in [1.54, 1.807) is 0 Å². The molecule has 0 amide bonds. The van der Waals surface area contributed by atoms with Crippen LogP contribution < -0.4 is 0 Å². The maximum atomic E-state index is 2.38. The summed E-state index contributed by atoms with van der Waals surface area (Å²) in [6.07, 6.45) is 7.28. The SMILES string of the molecule is CCC(C)CC1(CC)CC1. The first-order valence-electron chi connectivity index (χ1n) is 4.72. The minimum Gasteiger partial charge on any atom is -0.0651 e. The molecule has 1 aliphatic carbocycles. The third-order valence-corrected chi connectivity index (χ3v) is 3.19. The lowest BCUT2D eigenvalue weighted by Gasteiger charge is -2.16. The van der Waals surface area contributed by atoms with Crippen LogP contribution in [0.15, 0.2) is 0 Å². The van der Waals surface area contributed by atoms with Crippen molar-refractivity contribution < 1.29 is 0 Å². The van der Waals surface area contributed by atoms with Crippen molar-refractivity contribution in [3.8, 4) is 0 Å². The summed E-state index contributed by atoms with van der Waals surface area (Å²) in [5.74, 6) is 0.961. The summed E-state index contributed by atoms with van der Waals surface area (Å²) in [5.41, 5.74) is 0.815. The molecule has 1 saturated carbocycles. The molecular weight excluding hydrogens is 120 g/mol. The number of hydrogen-bond donors (Lipinski definition) is 0. The Kier molecular flexibility index (Phi) is 2.38. The lowest BCUT2D eigenvalue weighted by molar-refractivity contribution is 0.354. The van der Waals surface area contributed by atoms with Crippen molar-refractivity contribution in [1.29, 1.82) is 0 Å². The molecule has 0 aliphatic heterocycles. The third kappa shape index (κ3) is 1.74. The van der Waals surface area contributed by atoms with E-state index in [-0.39, 0.29) is 0 Å². The van der Waals surface area contributed by atoms with Gasteiger partial charge in [0.15, 0.2) is 0 Å². The average molecular weight is 140 g/mol. The lowest BCUT2D eigenvalue weighted by atomic mass is 9.90. The molecule has 0 saturated heterocycles. The zero-order valence-corrected chi connectivity index (χ0v) is 7.61. The summed E-state index contributed by atoms with van der Waals surface area (Å²) in [5, 5.41) is 0.